The maximum atomic E-state index is 9.10. The standard InChI is InChI=1S/C6H14O2.C5H11BO3/c1-5(2,7)6(3,4)8;7-6(8)9-5-3-1-2-4-5/h7-8H,1-4H3;5,7-8H,1-4H2. The van der Waals surface area contributed by atoms with Gasteiger partial charge in [-0.1, -0.05) is 12.8 Å². The second-order valence-electron chi connectivity index (χ2n) is 5.49. The molecule has 0 heterocycles. The molecule has 0 atom stereocenters. The first-order chi connectivity index (χ1) is 7.54. The normalized spacial score (nSPS) is 17.6. The third-order valence-corrected chi connectivity index (χ3v) is 3.11. The smallest absolute Gasteiger partial charge is 0.402 e. The lowest BCUT2D eigenvalue weighted by Crippen LogP contribution is -2.44. The zero-order valence-corrected chi connectivity index (χ0v) is 11.2. The van der Waals surface area contributed by atoms with E-state index in [1.807, 2.05) is 0 Å². The molecule has 0 spiro atoms. The van der Waals surface area contributed by atoms with Crippen molar-refractivity contribution in [1.82, 2.24) is 0 Å². The average molecular weight is 248 g/mol. The highest BCUT2D eigenvalue weighted by Gasteiger charge is 2.31. The van der Waals surface area contributed by atoms with E-state index in [-0.39, 0.29) is 6.10 Å². The first kappa shape index (κ1) is 16.9. The van der Waals surface area contributed by atoms with E-state index in [9.17, 15) is 0 Å². The van der Waals surface area contributed by atoms with Crippen LogP contribution in [0.1, 0.15) is 53.4 Å². The lowest BCUT2D eigenvalue weighted by atomic mass is 9.90. The van der Waals surface area contributed by atoms with E-state index in [1.54, 1.807) is 27.7 Å². The van der Waals surface area contributed by atoms with Crippen molar-refractivity contribution in [1.29, 1.82) is 0 Å². The molecule has 0 aliphatic heterocycles. The topological polar surface area (TPSA) is 90.2 Å². The predicted octanol–water partition coefficient (Wildman–Crippen LogP) is 0.443. The van der Waals surface area contributed by atoms with E-state index in [2.05, 4.69) is 0 Å². The van der Waals surface area contributed by atoms with E-state index in [1.165, 1.54) is 0 Å². The van der Waals surface area contributed by atoms with Crippen LogP contribution in [0.2, 0.25) is 0 Å². The number of rotatable bonds is 3. The molecule has 1 aliphatic rings. The van der Waals surface area contributed by atoms with Crippen molar-refractivity contribution in [2.75, 3.05) is 0 Å². The van der Waals surface area contributed by atoms with Gasteiger partial charge in [-0.25, -0.2) is 0 Å². The summed E-state index contributed by atoms with van der Waals surface area (Å²) in [4.78, 5) is 0. The van der Waals surface area contributed by atoms with Crippen LogP contribution in [0.5, 0.6) is 0 Å². The predicted molar refractivity (Wildman–Crippen MR) is 66.1 cm³/mol. The van der Waals surface area contributed by atoms with Crippen LogP contribution in [0.3, 0.4) is 0 Å². The van der Waals surface area contributed by atoms with E-state index in [4.69, 9.17) is 24.9 Å². The molecule has 0 aromatic heterocycles. The summed E-state index contributed by atoms with van der Waals surface area (Å²) < 4.78 is 4.72. The summed E-state index contributed by atoms with van der Waals surface area (Å²) in [6.45, 7) is 6.31. The third-order valence-electron chi connectivity index (χ3n) is 3.11. The quantitative estimate of drug-likeness (QED) is 0.544. The molecule has 17 heavy (non-hydrogen) atoms. The van der Waals surface area contributed by atoms with Crippen LogP contribution in [0.15, 0.2) is 0 Å². The number of hydrogen-bond donors (Lipinski definition) is 4. The van der Waals surface area contributed by atoms with Gasteiger partial charge in [0.05, 0.1) is 11.2 Å². The van der Waals surface area contributed by atoms with E-state index in [0.717, 1.165) is 25.7 Å². The summed E-state index contributed by atoms with van der Waals surface area (Å²) >= 11 is 0. The van der Waals surface area contributed by atoms with Gasteiger partial charge < -0.3 is 24.9 Å². The SMILES string of the molecule is CC(C)(O)C(C)(C)O.OB(O)OC1CCCC1. The van der Waals surface area contributed by atoms with Gasteiger partial charge in [-0.2, -0.15) is 0 Å². The Kier molecular flexibility index (Phi) is 6.65. The first-order valence-corrected chi connectivity index (χ1v) is 6.00. The zero-order valence-electron chi connectivity index (χ0n) is 11.2. The van der Waals surface area contributed by atoms with Gasteiger partial charge in [-0.3, -0.25) is 0 Å². The molecule has 6 heteroatoms. The summed E-state index contributed by atoms with van der Waals surface area (Å²) in [6, 6.07) is 0. The molecule has 0 saturated heterocycles. The van der Waals surface area contributed by atoms with Crippen LogP contribution in [-0.2, 0) is 4.65 Å². The Balaban J connectivity index is 0.000000304. The summed E-state index contributed by atoms with van der Waals surface area (Å²) in [7, 11) is -1.58. The van der Waals surface area contributed by atoms with Gasteiger partial charge in [0.15, 0.2) is 0 Å². The Morgan fingerprint density at radius 2 is 1.29 bits per heavy atom. The van der Waals surface area contributed by atoms with Crippen LogP contribution in [0, 0.1) is 0 Å². The summed E-state index contributed by atoms with van der Waals surface area (Å²) in [5, 5.41) is 34.9. The van der Waals surface area contributed by atoms with Crippen LogP contribution < -0.4 is 0 Å². The van der Waals surface area contributed by atoms with Crippen LogP contribution in [0.25, 0.3) is 0 Å². The second-order valence-corrected chi connectivity index (χ2v) is 5.49. The van der Waals surface area contributed by atoms with Gasteiger partial charge in [0, 0.05) is 6.10 Å². The Morgan fingerprint density at radius 3 is 1.53 bits per heavy atom. The largest absolute Gasteiger partial charge is 0.634 e. The van der Waals surface area contributed by atoms with Crippen molar-refractivity contribution in [2.24, 2.45) is 0 Å². The minimum atomic E-state index is -1.58. The molecular weight excluding hydrogens is 223 g/mol. The van der Waals surface area contributed by atoms with E-state index in [0.29, 0.717) is 0 Å². The zero-order chi connectivity index (χ0) is 13.7. The van der Waals surface area contributed by atoms with Gasteiger partial charge in [-0.15, -0.1) is 0 Å². The van der Waals surface area contributed by atoms with Crippen LogP contribution in [0.4, 0.5) is 0 Å². The molecule has 5 nitrogen and oxygen atoms in total. The minimum Gasteiger partial charge on any atom is -0.402 e. The molecular formula is C11H25BO5. The Morgan fingerprint density at radius 1 is 0.941 bits per heavy atom. The fraction of sp³-hybridized carbons (Fsp3) is 1.00. The molecule has 1 saturated carbocycles. The highest BCUT2D eigenvalue weighted by molar-refractivity contribution is 6.32. The number of hydrogen-bond acceptors (Lipinski definition) is 5. The summed E-state index contributed by atoms with van der Waals surface area (Å²) in [5.74, 6) is 0. The van der Waals surface area contributed by atoms with E-state index >= 15 is 0 Å². The molecule has 1 rings (SSSR count). The molecule has 1 fully saturated rings. The van der Waals surface area contributed by atoms with Crippen molar-refractivity contribution < 1.29 is 24.9 Å². The Bertz CT molecular complexity index is 189. The maximum Gasteiger partial charge on any atom is 0.634 e. The van der Waals surface area contributed by atoms with Crippen molar-refractivity contribution in [3.63, 3.8) is 0 Å². The molecule has 1 aliphatic carbocycles. The van der Waals surface area contributed by atoms with Gasteiger partial charge in [0.2, 0.25) is 0 Å². The first-order valence-electron chi connectivity index (χ1n) is 6.00. The highest BCUT2D eigenvalue weighted by atomic mass is 16.6. The summed E-state index contributed by atoms with van der Waals surface area (Å²) in [5.41, 5.74) is -2.01. The Hall–Kier alpha value is -0.135. The molecule has 0 amide bonds. The molecule has 0 aromatic rings. The fourth-order valence-electron chi connectivity index (χ4n) is 1.20. The Labute approximate surface area is 104 Å². The van der Waals surface area contributed by atoms with Gasteiger partial charge in [0.25, 0.3) is 0 Å². The van der Waals surface area contributed by atoms with Crippen molar-refractivity contribution >= 4 is 7.32 Å². The van der Waals surface area contributed by atoms with Crippen LogP contribution >= 0.6 is 0 Å². The van der Waals surface area contributed by atoms with Gasteiger partial charge in [0.1, 0.15) is 0 Å². The van der Waals surface area contributed by atoms with Crippen molar-refractivity contribution in [2.45, 2.75) is 70.7 Å². The van der Waals surface area contributed by atoms with Gasteiger partial charge >= 0.3 is 7.32 Å². The number of aliphatic hydroxyl groups is 2. The maximum absolute atomic E-state index is 9.10. The average Bonchev–Trinajstić information content (AvgIpc) is 2.52. The fourth-order valence-corrected chi connectivity index (χ4v) is 1.20. The third kappa shape index (κ3) is 7.73. The molecule has 0 radical (unpaired) electrons. The highest BCUT2D eigenvalue weighted by Crippen LogP contribution is 2.20. The lowest BCUT2D eigenvalue weighted by Gasteiger charge is -2.31. The molecule has 4 N–H and O–H groups in total. The molecule has 0 unspecified atom stereocenters. The van der Waals surface area contributed by atoms with Gasteiger partial charge in [-0.05, 0) is 40.5 Å². The molecule has 0 bridgehead atoms. The minimum absolute atomic E-state index is 0.0880. The molecule has 102 valence electrons. The van der Waals surface area contributed by atoms with Crippen molar-refractivity contribution in [3.8, 4) is 0 Å². The second kappa shape index (κ2) is 6.71. The van der Waals surface area contributed by atoms with Crippen LogP contribution in [-0.4, -0.2) is 44.9 Å². The monoisotopic (exact) mass is 248 g/mol. The summed E-state index contributed by atoms with van der Waals surface area (Å²) in [6.07, 6.45) is 4.33. The molecule has 0 aromatic carbocycles. The van der Waals surface area contributed by atoms with Crippen molar-refractivity contribution in [3.05, 3.63) is 0 Å². The lowest BCUT2D eigenvalue weighted by molar-refractivity contribution is -0.107. The van der Waals surface area contributed by atoms with E-state index < -0.39 is 18.5 Å².